The van der Waals surface area contributed by atoms with Crippen molar-refractivity contribution < 1.29 is 4.79 Å². The van der Waals surface area contributed by atoms with Crippen LogP contribution in [0.5, 0.6) is 0 Å². The maximum absolute atomic E-state index is 13.7. The second-order valence-electron chi connectivity index (χ2n) is 7.56. The van der Waals surface area contributed by atoms with Crippen molar-refractivity contribution in [2.24, 2.45) is 0 Å². The Balaban J connectivity index is 1.75. The van der Waals surface area contributed by atoms with Crippen molar-refractivity contribution in [3.05, 3.63) is 83.7 Å². The number of aromatic nitrogens is 2. The molecule has 0 N–H and O–H groups in total. The average molecular weight is 448 g/mol. The van der Waals surface area contributed by atoms with Crippen LogP contribution < -0.4 is 4.90 Å². The van der Waals surface area contributed by atoms with E-state index in [0.717, 1.165) is 32.2 Å². The van der Waals surface area contributed by atoms with Crippen LogP contribution >= 0.6 is 23.1 Å². The standard InChI is InChI=1S/C25H25N3OS2/c1-4-19-7-6-10-22-23(19)27-25(31-22)28(16-18-11-13-26-14-12-18)24(29)20-8-5-9-21(15-20)30-17(2)3/h5-15,17H,4,16H2,1-3H3. The molecule has 0 saturated heterocycles. The van der Waals surface area contributed by atoms with Crippen molar-refractivity contribution in [3.8, 4) is 0 Å². The number of hydrogen-bond donors (Lipinski definition) is 0. The van der Waals surface area contributed by atoms with E-state index in [9.17, 15) is 4.79 Å². The Hall–Kier alpha value is -2.70. The summed E-state index contributed by atoms with van der Waals surface area (Å²) in [5, 5.41) is 1.18. The molecule has 4 nitrogen and oxygen atoms in total. The highest BCUT2D eigenvalue weighted by atomic mass is 32.2. The first-order valence-corrected chi connectivity index (χ1v) is 12.1. The molecular formula is C25H25N3OS2. The van der Waals surface area contributed by atoms with Gasteiger partial charge in [0.25, 0.3) is 5.91 Å². The molecule has 0 bridgehead atoms. The van der Waals surface area contributed by atoms with Gasteiger partial charge in [-0.1, -0.05) is 50.3 Å². The highest BCUT2D eigenvalue weighted by Gasteiger charge is 2.23. The van der Waals surface area contributed by atoms with Gasteiger partial charge in [0.2, 0.25) is 0 Å². The van der Waals surface area contributed by atoms with Crippen LogP contribution in [0, 0.1) is 0 Å². The molecule has 0 aliphatic carbocycles. The fourth-order valence-corrected chi connectivity index (χ4v) is 5.33. The molecule has 2 aromatic heterocycles. The van der Waals surface area contributed by atoms with Gasteiger partial charge in [-0.15, -0.1) is 11.8 Å². The van der Waals surface area contributed by atoms with E-state index in [4.69, 9.17) is 4.98 Å². The first-order valence-electron chi connectivity index (χ1n) is 10.4. The number of carbonyl (C=O) groups is 1. The van der Waals surface area contributed by atoms with Crippen LogP contribution in [-0.4, -0.2) is 21.1 Å². The van der Waals surface area contributed by atoms with E-state index in [1.54, 1.807) is 40.4 Å². The van der Waals surface area contributed by atoms with Crippen molar-refractivity contribution in [2.45, 2.75) is 43.9 Å². The Morgan fingerprint density at radius 1 is 1.10 bits per heavy atom. The normalized spacial score (nSPS) is 11.2. The first-order chi connectivity index (χ1) is 15.0. The molecule has 4 aromatic rings. The van der Waals surface area contributed by atoms with Gasteiger partial charge < -0.3 is 0 Å². The minimum Gasteiger partial charge on any atom is -0.279 e. The highest BCUT2D eigenvalue weighted by molar-refractivity contribution is 7.99. The fourth-order valence-electron chi connectivity index (χ4n) is 3.42. The van der Waals surface area contributed by atoms with Crippen LogP contribution in [0.3, 0.4) is 0 Å². The molecule has 0 unspecified atom stereocenters. The van der Waals surface area contributed by atoms with Gasteiger partial charge in [0.15, 0.2) is 5.13 Å². The summed E-state index contributed by atoms with van der Waals surface area (Å²) in [5.74, 6) is -0.0416. The van der Waals surface area contributed by atoms with E-state index >= 15 is 0 Å². The molecule has 0 aliphatic rings. The van der Waals surface area contributed by atoms with Crippen LogP contribution in [0.25, 0.3) is 10.2 Å². The summed E-state index contributed by atoms with van der Waals surface area (Å²) in [5.41, 5.74) is 3.88. The lowest BCUT2D eigenvalue weighted by molar-refractivity contribution is 0.0985. The third kappa shape index (κ3) is 4.97. The quantitative estimate of drug-likeness (QED) is 0.299. The predicted octanol–water partition coefficient (Wildman–Crippen LogP) is 6.60. The molecule has 0 aliphatic heterocycles. The van der Waals surface area contributed by atoms with Gasteiger partial charge in [-0.05, 0) is 53.9 Å². The molecule has 158 valence electrons. The van der Waals surface area contributed by atoms with E-state index < -0.39 is 0 Å². The zero-order chi connectivity index (χ0) is 21.8. The maximum atomic E-state index is 13.7. The van der Waals surface area contributed by atoms with Gasteiger partial charge >= 0.3 is 0 Å². The second-order valence-corrected chi connectivity index (χ2v) is 10.2. The summed E-state index contributed by atoms with van der Waals surface area (Å²) >= 11 is 3.32. The number of carbonyl (C=O) groups excluding carboxylic acids is 1. The summed E-state index contributed by atoms with van der Waals surface area (Å²) in [6.07, 6.45) is 4.42. The Morgan fingerprint density at radius 3 is 2.61 bits per heavy atom. The van der Waals surface area contributed by atoms with Crippen LogP contribution in [-0.2, 0) is 13.0 Å². The lowest BCUT2D eigenvalue weighted by Crippen LogP contribution is -2.30. The largest absolute Gasteiger partial charge is 0.279 e. The number of benzene rings is 2. The number of rotatable bonds is 7. The number of pyridine rings is 1. The first kappa shape index (κ1) is 21.5. The molecule has 2 aromatic carbocycles. The minimum atomic E-state index is -0.0416. The lowest BCUT2D eigenvalue weighted by atomic mass is 10.1. The van der Waals surface area contributed by atoms with Gasteiger partial charge in [0.05, 0.1) is 16.8 Å². The number of hydrogen-bond acceptors (Lipinski definition) is 5. The van der Waals surface area contributed by atoms with E-state index in [1.165, 1.54) is 5.56 Å². The Bertz CT molecular complexity index is 1190. The van der Waals surface area contributed by atoms with Crippen LogP contribution in [0.15, 0.2) is 71.9 Å². The zero-order valence-corrected chi connectivity index (χ0v) is 19.5. The van der Waals surface area contributed by atoms with Crippen molar-refractivity contribution >= 4 is 44.4 Å². The Kier molecular flexibility index (Phi) is 6.68. The fraction of sp³-hybridized carbons (Fsp3) is 0.240. The van der Waals surface area contributed by atoms with E-state index in [2.05, 4.69) is 50.0 Å². The molecule has 2 heterocycles. The van der Waals surface area contributed by atoms with Crippen LogP contribution in [0.1, 0.15) is 42.3 Å². The molecule has 0 saturated carbocycles. The second kappa shape index (κ2) is 9.62. The van der Waals surface area contributed by atoms with E-state index in [0.29, 0.717) is 17.4 Å². The highest BCUT2D eigenvalue weighted by Crippen LogP contribution is 2.33. The SMILES string of the molecule is CCc1cccc2sc(N(Cc3ccncc3)C(=O)c3cccc(SC(C)C)c3)nc12. The monoisotopic (exact) mass is 447 g/mol. The number of thioether (sulfide) groups is 1. The number of thiazole rings is 1. The van der Waals surface area contributed by atoms with Crippen LogP contribution in [0.4, 0.5) is 5.13 Å². The molecular weight excluding hydrogens is 422 g/mol. The Labute approximate surface area is 191 Å². The van der Waals surface area contributed by atoms with E-state index in [-0.39, 0.29) is 5.91 Å². The summed E-state index contributed by atoms with van der Waals surface area (Å²) in [6, 6.07) is 18.0. The van der Waals surface area contributed by atoms with Crippen LogP contribution in [0.2, 0.25) is 0 Å². The zero-order valence-electron chi connectivity index (χ0n) is 17.9. The predicted molar refractivity (Wildman–Crippen MR) is 131 cm³/mol. The molecule has 0 fully saturated rings. The molecule has 31 heavy (non-hydrogen) atoms. The summed E-state index contributed by atoms with van der Waals surface area (Å²) in [4.78, 5) is 25.6. The smallest absolute Gasteiger partial charge is 0.260 e. The van der Waals surface area contributed by atoms with Gasteiger partial charge in [-0.3, -0.25) is 14.7 Å². The summed E-state index contributed by atoms with van der Waals surface area (Å²) < 4.78 is 1.10. The lowest BCUT2D eigenvalue weighted by Gasteiger charge is -2.20. The molecule has 6 heteroatoms. The van der Waals surface area contributed by atoms with Gasteiger partial charge in [0.1, 0.15) is 0 Å². The number of para-hydroxylation sites is 1. The summed E-state index contributed by atoms with van der Waals surface area (Å²) in [7, 11) is 0. The van der Waals surface area contributed by atoms with Gasteiger partial charge in [-0.2, -0.15) is 0 Å². The maximum Gasteiger partial charge on any atom is 0.260 e. The van der Waals surface area contributed by atoms with Crippen molar-refractivity contribution in [1.82, 2.24) is 9.97 Å². The average Bonchev–Trinajstić information content (AvgIpc) is 3.21. The molecule has 0 radical (unpaired) electrons. The molecule has 1 amide bonds. The number of fused-ring (bicyclic) bond motifs is 1. The number of anilines is 1. The van der Waals surface area contributed by atoms with Crippen molar-refractivity contribution in [3.63, 3.8) is 0 Å². The van der Waals surface area contributed by atoms with Gasteiger partial charge in [-0.25, -0.2) is 4.98 Å². The topological polar surface area (TPSA) is 46.1 Å². The summed E-state index contributed by atoms with van der Waals surface area (Å²) in [6.45, 7) is 6.89. The van der Waals surface area contributed by atoms with Gasteiger partial charge in [0, 0.05) is 28.1 Å². The third-order valence-corrected chi connectivity index (χ3v) is 6.93. The number of aryl methyl sites for hydroxylation is 1. The molecule has 0 spiro atoms. The number of amides is 1. The number of nitrogens with zero attached hydrogens (tertiary/aromatic N) is 3. The van der Waals surface area contributed by atoms with Crippen molar-refractivity contribution in [1.29, 1.82) is 0 Å². The Morgan fingerprint density at radius 2 is 1.87 bits per heavy atom. The molecule has 0 atom stereocenters. The minimum absolute atomic E-state index is 0.0416. The third-order valence-electron chi connectivity index (χ3n) is 4.89. The molecule has 4 rings (SSSR count). The van der Waals surface area contributed by atoms with Crippen molar-refractivity contribution in [2.75, 3.05) is 4.90 Å². The van der Waals surface area contributed by atoms with E-state index in [1.807, 2.05) is 30.3 Å².